The molecule has 0 saturated carbocycles. The number of hydrogen-bond acceptors (Lipinski definition) is 0. The molecule has 2 unspecified atom stereocenters. The summed E-state index contributed by atoms with van der Waals surface area (Å²) in [5.74, 6) is 0.356. The fourth-order valence-corrected chi connectivity index (χ4v) is 8.01. The summed E-state index contributed by atoms with van der Waals surface area (Å²) in [6, 6.07) is 23.8. The molecular formula is C38H48Si. The van der Waals surface area contributed by atoms with Gasteiger partial charge >= 0.3 is 0 Å². The quantitative estimate of drug-likeness (QED) is 0.287. The zero-order valence-corrected chi connectivity index (χ0v) is 27.4. The van der Waals surface area contributed by atoms with Gasteiger partial charge in [-0.15, -0.1) is 0 Å². The summed E-state index contributed by atoms with van der Waals surface area (Å²) >= 11 is 0. The van der Waals surface area contributed by atoms with Crippen molar-refractivity contribution in [1.29, 1.82) is 0 Å². The molecule has 2 radical (unpaired) electrons. The molecule has 0 nitrogen and oxygen atoms in total. The van der Waals surface area contributed by atoms with E-state index in [0.29, 0.717) is 21.0 Å². The van der Waals surface area contributed by atoms with Crippen molar-refractivity contribution in [3.8, 4) is 0 Å². The van der Waals surface area contributed by atoms with Crippen LogP contribution in [0.1, 0.15) is 107 Å². The first-order valence-electron chi connectivity index (χ1n) is 14.5. The van der Waals surface area contributed by atoms with Crippen molar-refractivity contribution in [2.45, 2.75) is 99.5 Å². The smallest absolute Gasteiger partial charge is 0.0630 e. The molecule has 0 fully saturated rings. The minimum atomic E-state index is 0.0902. The van der Waals surface area contributed by atoms with Crippen LogP contribution < -0.4 is 5.19 Å². The number of allylic oxidation sites excluding steroid dienone is 4. The van der Waals surface area contributed by atoms with E-state index in [1.807, 2.05) is 0 Å². The van der Waals surface area contributed by atoms with E-state index < -0.39 is 0 Å². The van der Waals surface area contributed by atoms with E-state index in [2.05, 4.69) is 144 Å². The molecule has 1 heteroatoms. The maximum atomic E-state index is 2.50. The van der Waals surface area contributed by atoms with Gasteiger partial charge in [0.15, 0.2) is 0 Å². The molecule has 0 bridgehead atoms. The Bertz CT molecular complexity index is 1400. The predicted molar refractivity (Wildman–Crippen MR) is 174 cm³/mol. The molecule has 0 N–H and O–H groups in total. The summed E-state index contributed by atoms with van der Waals surface area (Å²) < 4.78 is 0. The van der Waals surface area contributed by atoms with E-state index in [1.165, 1.54) is 66.4 Å². The average Bonchev–Trinajstić information content (AvgIpc) is 3.04. The van der Waals surface area contributed by atoms with Gasteiger partial charge in [0.05, 0.1) is 9.52 Å². The molecule has 3 aromatic rings. The second kappa shape index (κ2) is 10.7. The van der Waals surface area contributed by atoms with Crippen LogP contribution in [0.15, 0.2) is 77.4 Å². The SMILES string of the molecule is CC1=C(C)C(C([Si]c2cc(C)cc(C)c2)c2cccc(C)c2)C(c2cc(C(C)(C)C)cc(C(C)(C)C)c2)=C1C. The zero-order valence-electron chi connectivity index (χ0n) is 26.4. The topological polar surface area (TPSA) is 0 Å². The maximum Gasteiger partial charge on any atom is 0.0901 e. The summed E-state index contributed by atoms with van der Waals surface area (Å²) in [7, 11) is 0.697. The minimum absolute atomic E-state index is 0.0902. The van der Waals surface area contributed by atoms with Crippen LogP contribution in [0.5, 0.6) is 0 Å². The van der Waals surface area contributed by atoms with Gasteiger partial charge in [-0.2, -0.15) is 0 Å². The first-order valence-corrected chi connectivity index (χ1v) is 15.6. The number of aryl methyl sites for hydroxylation is 3. The van der Waals surface area contributed by atoms with Gasteiger partial charge in [-0.1, -0.05) is 130 Å². The molecule has 0 aromatic heterocycles. The first kappa shape index (κ1) is 29.3. The molecule has 1 aliphatic rings. The summed E-state index contributed by atoms with van der Waals surface area (Å²) in [5, 5.41) is 1.46. The van der Waals surface area contributed by atoms with Crippen molar-refractivity contribution in [2.75, 3.05) is 0 Å². The standard InChI is InChI=1S/C38H48Si/c1-23-14-13-15-29(17-23)36(39-33-18-24(2)16-25(3)19-33)35-28(6)26(4)27(5)34(35)30-20-31(37(7,8)9)22-32(21-30)38(10,11)12/h13-22,35-36H,1-12H3. The normalized spacial score (nSPS) is 17.3. The number of benzene rings is 3. The largest absolute Gasteiger partial charge is 0.0901 e. The fourth-order valence-electron chi connectivity index (χ4n) is 6.10. The Hall–Kier alpha value is -2.64. The van der Waals surface area contributed by atoms with E-state index in [-0.39, 0.29) is 10.8 Å². The molecule has 4 rings (SSSR count). The maximum absolute atomic E-state index is 2.50. The van der Waals surface area contributed by atoms with E-state index in [9.17, 15) is 0 Å². The lowest BCUT2D eigenvalue weighted by Crippen LogP contribution is -2.29. The molecule has 1 aliphatic carbocycles. The van der Waals surface area contributed by atoms with Crippen molar-refractivity contribution in [1.82, 2.24) is 0 Å². The summed E-state index contributed by atoms with van der Waals surface area (Å²) in [6.07, 6.45) is 0. The van der Waals surface area contributed by atoms with Gasteiger partial charge in [-0.3, -0.25) is 0 Å². The third-order valence-corrected chi connectivity index (χ3v) is 10.2. The van der Waals surface area contributed by atoms with Crippen molar-refractivity contribution in [3.05, 3.63) is 116 Å². The Balaban J connectivity index is 1.96. The molecule has 2 atom stereocenters. The molecule has 0 aliphatic heterocycles. The van der Waals surface area contributed by atoms with Crippen LogP contribution >= 0.6 is 0 Å². The predicted octanol–water partition coefficient (Wildman–Crippen LogP) is 9.72. The molecule has 204 valence electrons. The third kappa shape index (κ3) is 6.25. The van der Waals surface area contributed by atoms with Gasteiger partial charge in [0, 0.05) is 5.92 Å². The highest BCUT2D eigenvalue weighted by Gasteiger charge is 2.36. The molecule has 0 amide bonds. The van der Waals surface area contributed by atoms with Crippen molar-refractivity contribution >= 4 is 20.3 Å². The Kier molecular flexibility index (Phi) is 8.08. The Morgan fingerprint density at radius 1 is 0.615 bits per heavy atom. The van der Waals surface area contributed by atoms with E-state index in [4.69, 9.17) is 0 Å². The number of hydrogen-bond donors (Lipinski definition) is 0. The van der Waals surface area contributed by atoms with Crippen molar-refractivity contribution in [3.63, 3.8) is 0 Å². The lowest BCUT2D eigenvalue weighted by Gasteiger charge is -2.31. The van der Waals surface area contributed by atoms with Crippen LogP contribution in [-0.2, 0) is 10.8 Å². The second-order valence-corrected chi connectivity index (χ2v) is 15.5. The van der Waals surface area contributed by atoms with E-state index in [1.54, 1.807) is 0 Å². The molecule has 0 heterocycles. The van der Waals surface area contributed by atoms with Gasteiger partial charge < -0.3 is 0 Å². The third-order valence-electron chi connectivity index (χ3n) is 8.59. The van der Waals surface area contributed by atoms with Crippen LogP contribution in [0.3, 0.4) is 0 Å². The van der Waals surface area contributed by atoms with Crippen molar-refractivity contribution < 1.29 is 0 Å². The highest BCUT2D eigenvalue weighted by Crippen LogP contribution is 2.50. The van der Waals surface area contributed by atoms with E-state index in [0.717, 1.165) is 0 Å². The van der Waals surface area contributed by atoms with Crippen LogP contribution in [0, 0.1) is 26.7 Å². The Morgan fingerprint density at radius 2 is 1.18 bits per heavy atom. The van der Waals surface area contributed by atoms with Gasteiger partial charge in [0.2, 0.25) is 0 Å². The van der Waals surface area contributed by atoms with Crippen LogP contribution in [0.25, 0.3) is 5.57 Å². The minimum Gasteiger partial charge on any atom is -0.0630 e. The van der Waals surface area contributed by atoms with Gasteiger partial charge in [0.25, 0.3) is 0 Å². The molecule has 39 heavy (non-hydrogen) atoms. The lowest BCUT2D eigenvalue weighted by atomic mass is 9.76. The van der Waals surface area contributed by atoms with Crippen LogP contribution in [-0.4, -0.2) is 9.52 Å². The Labute approximate surface area is 241 Å². The summed E-state index contributed by atoms with van der Waals surface area (Å²) in [6.45, 7) is 27.9. The first-order chi connectivity index (χ1) is 18.1. The molecular weight excluding hydrogens is 485 g/mol. The fraction of sp³-hybridized carbons (Fsp3) is 0.421. The molecule has 0 spiro atoms. The van der Waals surface area contributed by atoms with Crippen molar-refractivity contribution in [2.24, 2.45) is 5.92 Å². The second-order valence-electron chi connectivity index (χ2n) is 14.0. The highest BCUT2D eigenvalue weighted by molar-refractivity contribution is 6.55. The average molecular weight is 533 g/mol. The molecule has 3 aromatic carbocycles. The summed E-state index contributed by atoms with van der Waals surface area (Å²) in [5.41, 5.74) is 16.3. The van der Waals surface area contributed by atoms with Crippen LogP contribution in [0.2, 0.25) is 0 Å². The highest BCUT2D eigenvalue weighted by atomic mass is 28.2. The Morgan fingerprint density at radius 3 is 1.69 bits per heavy atom. The summed E-state index contributed by atoms with van der Waals surface area (Å²) in [4.78, 5) is 0. The number of rotatable bonds is 5. The van der Waals surface area contributed by atoms with Crippen LogP contribution in [0.4, 0.5) is 0 Å². The van der Waals surface area contributed by atoms with E-state index >= 15 is 0 Å². The zero-order chi connectivity index (χ0) is 28.9. The lowest BCUT2D eigenvalue weighted by molar-refractivity contribution is 0.568. The van der Waals surface area contributed by atoms with Gasteiger partial charge in [0.1, 0.15) is 0 Å². The molecule has 0 saturated heterocycles. The monoisotopic (exact) mass is 532 g/mol. The van der Waals surface area contributed by atoms with Gasteiger partial charge in [-0.25, -0.2) is 0 Å². The van der Waals surface area contributed by atoms with Gasteiger partial charge in [-0.05, 0) is 96.9 Å².